The van der Waals surface area contributed by atoms with E-state index in [4.69, 9.17) is 14.5 Å². The summed E-state index contributed by atoms with van der Waals surface area (Å²) in [5, 5.41) is 21.3. The maximum Gasteiger partial charge on any atom is 0.257 e. The number of carbonyl (C=O) groups excluding carboxylic acids is 1. The Bertz CT molecular complexity index is 1370. The fourth-order valence-corrected chi connectivity index (χ4v) is 4.67. The fourth-order valence-electron chi connectivity index (χ4n) is 4.67. The van der Waals surface area contributed by atoms with E-state index in [1.54, 1.807) is 17.8 Å². The molecule has 0 spiro atoms. The van der Waals surface area contributed by atoms with Crippen molar-refractivity contribution >= 4 is 28.4 Å². The highest BCUT2D eigenvalue weighted by atomic mass is 16.5. The van der Waals surface area contributed by atoms with Crippen LogP contribution in [-0.2, 0) is 9.47 Å². The first-order chi connectivity index (χ1) is 16.6. The van der Waals surface area contributed by atoms with Gasteiger partial charge < -0.3 is 29.8 Å². The normalized spacial score (nSPS) is 22.6. The van der Waals surface area contributed by atoms with Crippen molar-refractivity contribution < 1.29 is 19.4 Å². The Balaban J connectivity index is 1.46. The molecule has 3 N–H and O–H groups in total. The first-order valence-electron chi connectivity index (χ1n) is 11.3. The van der Waals surface area contributed by atoms with E-state index < -0.39 is 12.1 Å². The van der Waals surface area contributed by atoms with Gasteiger partial charge in [0.2, 0.25) is 0 Å². The number of anilines is 1. The van der Waals surface area contributed by atoms with Gasteiger partial charge in [0.05, 0.1) is 49.9 Å². The monoisotopic (exact) mass is 463 g/mol. The molecule has 3 atom stereocenters. The largest absolute Gasteiger partial charge is 0.388 e. The van der Waals surface area contributed by atoms with Crippen molar-refractivity contribution in [2.45, 2.75) is 24.6 Å². The minimum Gasteiger partial charge on any atom is -0.388 e. The fraction of sp³-hybridized carbons (Fsp3) is 0.391. The van der Waals surface area contributed by atoms with Gasteiger partial charge in [-0.05, 0) is 18.6 Å². The highest BCUT2D eigenvalue weighted by Gasteiger charge is 2.29. The number of rotatable bonds is 5. The molecule has 2 fully saturated rings. The van der Waals surface area contributed by atoms with E-state index in [0.717, 1.165) is 29.6 Å². The van der Waals surface area contributed by atoms with Crippen LogP contribution in [0, 0.1) is 0 Å². The molecule has 0 radical (unpaired) electrons. The van der Waals surface area contributed by atoms with Crippen molar-refractivity contribution in [3.63, 3.8) is 0 Å². The van der Waals surface area contributed by atoms with Crippen LogP contribution in [0.4, 0.5) is 5.82 Å². The van der Waals surface area contributed by atoms with Crippen LogP contribution in [0.5, 0.6) is 0 Å². The van der Waals surface area contributed by atoms with Crippen molar-refractivity contribution in [1.29, 1.82) is 0 Å². The number of hydrogen-bond donors (Lipinski definition) is 3. The summed E-state index contributed by atoms with van der Waals surface area (Å²) in [5.74, 6) is 0.334. The van der Waals surface area contributed by atoms with Gasteiger partial charge in [0.15, 0.2) is 5.65 Å². The highest BCUT2D eigenvalue weighted by molar-refractivity contribution is 6.01. The van der Waals surface area contributed by atoms with Crippen LogP contribution in [0.3, 0.4) is 0 Å². The van der Waals surface area contributed by atoms with Gasteiger partial charge in [-0.15, -0.1) is 0 Å². The van der Waals surface area contributed by atoms with Gasteiger partial charge in [0.1, 0.15) is 17.0 Å². The first kappa shape index (κ1) is 21.0. The quantitative estimate of drug-likeness (QED) is 0.403. The molecular formula is C23H25N7O4. The van der Waals surface area contributed by atoms with Gasteiger partial charge in [0, 0.05) is 43.1 Å². The Morgan fingerprint density at radius 3 is 2.91 bits per heavy atom. The van der Waals surface area contributed by atoms with E-state index in [1.165, 1.54) is 6.20 Å². The molecule has 34 heavy (non-hydrogen) atoms. The van der Waals surface area contributed by atoms with E-state index in [-0.39, 0.29) is 25.2 Å². The van der Waals surface area contributed by atoms with E-state index in [2.05, 4.69) is 31.5 Å². The molecule has 176 valence electrons. The minimum atomic E-state index is -0.736. The summed E-state index contributed by atoms with van der Waals surface area (Å²) in [6.45, 7) is 1.85. The number of aliphatic hydroxyl groups is 1. The molecule has 4 aromatic rings. The summed E-state index contributed by atoms with van der Waals surface area (Å²) in [7, 11) is 1.80. The number of nitrogens with one attached hydrogen (secondary N) is 2. The standard InChI is InChI=1S/C23H25N7O4/c1-24-20-7-17(16-9-29(13-4-6-33-10-13)21-14(16)3-2-5-25-21)27-22-15(8-26-30(20)22)23(32)28-18-11-34-12-19(18)31/h2-3,5,7-9,13,18-19,24,31H,4,6,10-12H2,1H3,(H,28,32)/t13-,18?,19-/m0/s1. The molecule has 0 saturated carbocycles. The molecule has 2 aliphatic heterocycles. The number of amides is 1. The molecule has 6 heterocycles. The average Bonchev–Trinajstić information content (AvgIpc) is 3.64. The smallest absolute Gasteiger partial charge is 0.257 e. The summed E-state index contributed by atoms with van der Waals surface area (Å²) in [6, 6.07) is 5.60. The van der Waals surface area contributed by atoms with E-state index in [1.807, 2.05) is 18.2 Å². The van der Waals surface area contributed by atoms with Crippen molar-refractivity contribution in [1.82, 2.24) is 29.5 Å². The SMILES string of the molecule is CNc1cc(-c2cn([C@H]3CCOC3)c3ncccc23)nc2c(C(=O)NC3COC[C@@H]3O)cnn12. The molecule has 0 aliphatic carbocycles. The molecule has 0 bridgehead atoms. The van der Waals surface area contributed by atoms with Crippen LogP contribution >= 0.6 is 0 Å². The molecule has 2 aliphatic rings. The maximum absolute atomic E-state index is 13.0. The second kappa shape index (κ2) is 8.35. The molecule has 6 rings (SSSR count). The Kier molecular flexibility index (Phi) is 5.16. The van der Waals surface area contributed by atoms with Crippen LogP contribution in [0.1, 0.15) is 22.8 Å². The number of pyridine rings is 1. The van der Waals surface area contributed by atoms with Gasteiger partial charge in [-0.2, -0.15) is 9.61 Å². The number of nitrogens with zero attached hydrogens (tertiary/aromatic N) is 5. The second-order valence-corrected chi connectivity index (χ2v) is 8.60. The predicted octanol–water partition coefficient (Wildman–Crippen LogP) is 1.24. The van der Waals surface area contributed by atoms with Gasteiger partial charge in [-0.1, -0.05) is 0 Å². The zero-order valence-electron chi connectivity index (χ0n) is 18.6. The van der Waals surface area contributed by atoms with Crippen LogP contribution in [0.2, 0.25) is 0 Å². The van der Waals surface area contributed by atoms with Crippen LogP contribution in [0.15, 0.2) is 36.8 Å². The Labute approximate surface area is 194 Å². The molecule has 0 aromatic carbocycles. The summed E-state index contributed by atoms with van der Waals surface area (Å²) < 4.78 is 14.6. The lowest BCUT2D eigenvalue weighted by Gasteiger charge is -2.14. The van der Waals surface area contributed by atoms with Gasteiger partial charge >= 0.3 is 0 Å². The van der Waals surface area contributed by atoms with Crippen molar-refractivity contribution in [2.75, 3.05) is 38.8 Å². The summed E-state index contributed by atoms with van der Waals surface area (Å²) >= 11 is 0. The molecule has 1 amide bonds. The maximum atomic E-state index is 13.0. The Morgan fingerprint density at radius 2 is 2.15 bits per heavy atom. The zero-order valence-corrected chi connectivity index (χ0v) is 18.6. The molecule has 1 unspecified atom stereocenters. The zero-order chi connectivity index (χ0) is 23.2. The van der Waals surface area contributed by atoms with Gasteiger partial charge in [-0.3, -0.25) is 4.79 Å². The third kappa shape index (κ3) is 3.40. The lowest BCUT2D eigenvalue weighted by atomic mass is 10.1. The third-order valence-corrected chi connectivity index (χ3v) is 6.50. The van der Waals surface area contributed by atoms with Crippen LogP contribution in [0.25, 0.3) is 27.9 Å². The Morgan fingerprint density at radius 1 is 1.24 bits per heavy atom. The molecule has 2 saturated heterocycles. The predicted molar refractivity (Wildman–Crippen MR) is 124 cm³/mol. The molecular weight excluding hydrogens is 438 g/mol. The summed E-state index contributed by atoms with van der Waals surface area (Å²) in [6.07, 6.45) is 5.54. The number of fused-ring (bicyclic) bond motifs is 2. The van der Waals surface area contributed by atoms with Crippen LogP contribution < -0.4 is 10.6 Å². The summed E-state index contributed by atoms with van der Waals surface area (Å²) in [5.41, 5.74) is 3.24. The lowest BCUT2D eigenvalue weighted by Crippen LogP contribution is -2.42. The average molecular weight is 463 g/mol. The van der Waals surface area contributed by atoms with E-state index in [0.29, 0.717) is 29.3 Å². The molecule has 11 nitrogen and oxygen atoms in total. The number of carbonyl (C=O) groups is 1. The number of hydrogen-bond acceptors (Lipinski definition) is 8. The minimum absolute atomic E-state index is 0.205. The van der Waals surface area contributed by atoms with E-state index >= 15 is 0 Å². The highest BCUT2D eigenvalue weighted by Crippen LogP contribution is 2.34. The lowest BCUT2D eigenvalue weighted by molar-refractivity contribution is 0.0888. The topological polar surface area (TPSA) is 128 Å². The second-order valence-electron chi connectivity index (χ2n) is 8.60. The van der Waals surface area contributed by atoms with Gasteiger partial charge in [-0.25, -0.2) is 9.97 Å². The Hall–Kier alpha value is -3.54. The number of aromatic nitrogens is 5. The van der Waals surface area contributed by atoms with Gasteiger partial charge in [0.25, 0.3) is 5.91 Å². The van der Waals surface area contributed by atoms with Crippen molar-refractivity contribution in [3.05, 3.63) is 42.4 Å². The third-order valence-electron chi connectivity index (χ3n) is 6.50. The molecule has 4 aromatic heterocycles. The number of ether oxygens (including phenoxy) is 2. The number of aliphatic hydroxyl groups excluding tert-OH is 1. The van der Waals surface area contributed by atoms with Crippen LogP contribution in [-0.4, -0.2) is 80.8 Å². The first-order valence-corrected chi connectivity index (χ1v) is 11.3. The van der Waals surface area contributed by atoms with Crippen molar-refractivity contribution in [3.8, 4) is 11.3 Å². The van der Waals surface area contributed by atoms with E-state index in [9.17, 15) is 9.90 Å². The molecule has 11 heteroatoms. The van der Waals surface area contributed by atoms with Crippen molar-refractivity contribution in [2.24, 2.45) is 0 Å². The summed E-state index contributed by atoms with van der Waals surface area (Å²) in [4.78, 5) is 22.5.